The molecule has 0 amide bonds. The molecule has 0 saturated heterocycles. The number of aliphatic carboxylic acids is 1. The molecule has 0 aliphatic carbocycles. The third-order valence-electron chi connectivity index (χ3n) is 2.27. The molecule has 1 aromatic rings. The van der Waals surface area contributed by atoms with E-state index < -0.39 is 18.2 Å². The van der Waals surface area contributed by atoms with Gasteiger partial charge in [0.1, 0.15) is 12.2 Å². The van der Waals surface area contributed by atoms with Crippen LogP contribution >= 0.6 is 15.9 Å². The quantitative estimate of drug-likeness (QED) is 0.895. The van der Waals surface area contributed by atoms with Crippen molar-refractivity contribution < 1.29 is 14.3 Å². The Labute approximate surface area is 102 Å². The van der Waals surface area contributed by atoms with Crippen LogP contribution in [0.15, 0.2) is 22.7 Å². The number of hydrogen-bond acceptors (Lipinski definition) is 2. The van der Waals surface area contributed by atoms with Crippen LogP contribution < -0.4 is 5.73 Å². The van der Waals surface area contributed by atoms with Gasteiger partial charge in [-0.15, -0.1) is 0 Å². The lowest BCUT2D eigenvalue weighted by Crippen LogP contribution is -2.32. The van der Waals surface area contributed by atoms with Crippen LogP contribution in [0, 0.1) is 0 Å². The van der Waals surface area contributed by atoms with Gasteiger partial charge in [-0.2, -0.15) is 0 Å². The summed E-state index contributed by atoms with van der Waals surface area (Å²) >= 11 is 3.25. The Hall–Kier alpha value is -0.940. The second-order valence-corrected chi connectivity index (χ2v) is 4.48. The van der Waals surface area contributed by atoms with Crippen molar-refractivity contribution in [2.24, 2.45) is 5.73 Å². The fourth-order valence-electron chi connectivity index (χ4n) is 1.36. The second kappa shape index (κ2) is 5.41. The van der Waals surface area contributed by atoms with Gasteiger partial charge in [0, 0.05) is 4.47 Å². The molecule has 1 aromatic carbocycles. The predicted octanol–water partition coefficient (Wildman–Crippen LogP) is 2.43. The lowest BCUT2D eigenvalue weighted by Gasteiger charge is -2.10. The molecular weight excluding hydrogens is 277 g/mol. The van der Waals surface area contributed by atoms with E-state index >= 15 is 0 Å². The minimum Gasteiger partial charge on any atom is -0.480 e. The van der Waals surface area contributed by atoms with E-state index in [9.17, 15) is 9.18 Å². The molecule has 5 heteroatoms. The Morgan fingerprint density at radius 3 is 2.69 bits per heavy atom. The molecule has 3 N–H and O–H groups in total. The van der Waals surface area contributed by atoms with Crippen molar-refractivity contribution in [2.45, 2.75) is 25.6 Å². The first-order valence-electron chi connectivity index (χ1n) is 4.82. The van der Waals surface area contributed by atoms with Crippen molar-refractivity contribution in [3.8, 4) is 0 Å². The molecule has 3 nitrogen and oxygen atoms in total. The van der Waals surface area contributed by atoms with Gasteiger partial charge in [-0.25, -0.2) is 4.39 Å². The highest BCUT2D eigenvalue weighted by molar-refractivity contribution is 9.10. The summed E-state index contributed by atoms with van der Waals surface area (Å²) < 4.78 is 13.7. The number of alkyl halides is 1. The lowest BCUT2D eigenvalue weighted by molar-refractivity contribution is -0.138. The van der Waals surface area contributed by atoms with E-state index in [2.05, 4.69) is 15.9 Å². The van der Waals surface area contributed by atoms with Gasteiger partial charge in [0.25, 0.3) is 0 Å². The van der Waals surface area contributed by atoms with Gasteiger partial charge >= 0.3 is 5.97 Å². The Bertz CT molecular complexity index is 396. The number of carboxylic acid groups (broad SMARTS) is 1. The Morgan fingerprint density at radius 1 is 1.62 bits per heavy atom. The van der Waals surface area contributed by atoms with Crippen LogP contribution in [0.25, 0.3) is 0 Å². The molecule has 0 heterocycles. The summed E-state index contributed by atoms with van der Waals surface area (Å²) in [6, 6.07) is 4.10. The fraction of sp³-hybridized carbons (Fsp3) is 0.364. The average molecular weight is 290 g/mol. The van der Waals surface area contributed by atoms with Crippen molar-refractivity contribution in [1.82, 2.24) is 0 Å². The maximum absolute atomic E-state index is 13.1. The molecule has 1 rings (SSSR count). The van der Waals surface area contributed by atoms with Crippen LogP contribution in [0.3, 0.4) is 0 Å². The van der Waals surface area contributed by atoms with Gasteiger partial charge in [-0.05, 0) is 30.5 Å². The van der Waals surface area contributed by atoms with Crippen molar-refractivity contribution in [1.29, 1.82) is 0 Å². The minimum absolute atomic E-state index is 0.231. The number of hydrogen-bond donors (Lipinski definition) is 2. The number of rotatable bonds is 4. The maximum atomic E-state index is 13.1. The Balaban J connectivity index is 2.85. The number of carboxylic acids is 1. The zero-order chi connectivity index (χ0) is 12.3. The Kier molecular flexibility index (Phi) is 4.44. The van der Waals surface area contributed by atoms with Crippen molar-refractivity contribution in [3.05, 3.63) is 33.8 Å². The molecule has 0 aliphatic rings. The summed E-state index contributed by atoms with van der Waals surface area (Å²) in [6.07, 6.45) is -0.828. The van der Waals surface area contributed by atoms with E-state index in [1.54, 1.807) is 18.2 Å². The van der Waals surface area contributed by atoms with E-state index in [0.29, 0.717) is 10.0 Å². The van der Waals surface area contributed by atoms with E-state index in [-0.39, 0.29) is 6.42 Å². The lowest BCUT2D eigenvalue weighted by atomic mass is 10.0. The zero-order valence-electron chi connectivity index (χ0n) is 8.78. The van der Waals surface area contributed by atoms with Gasteiger partial charge < -0.3 is 10.8 Å². The molecule has 0 spiro atoms. The number of benzene rings is 1. The molecule has 0 saturated carbocycles. The first-order valence-corrected chi connectivity index (χ1v) is 5.62. The molecule has 2 atom stereocenters. The molecule has 0 bridgehead atoms. The van der Waals surface area contributed by atoms with E-state index in [1.165, 1.54) is 6.92 Å². The van der Waals surface area contributed by atoms with Gasteiger partial charge in [0.15, 0.2) is 0 Å². The van der Waals surface area contributed by atoms with E-state index in [1.807, 2.05) is 0 Å². The molecule has 88 valence electrons. The molecule has 0 fully saturated rings. The predicted molar refractivity (Wildman–Crippen MR) is 63.0 cm³/mol. The largest absolute Gasteiger partial charge is 0.480 e. The molecule has 1 unspecified atom stereocenters. The standard InChI is InChI=1S/C11H13BrFNO2/c1-6(13)8-3-2-7(4-9(8)12)5-10(14)11(15)16/h2-4,6,10H,5,14H2,1H3,(H,15,16)/t6?,10-/m0/s1. The van der Waals surface area contributed by atoms with Crippen LogP contribution in [-0.2, 0) is 11.2 Å². The van der Waals surface area contributed by atoms with Crippen molar-refractivity contribution in [2.75, 3.05) is 0 Å². The number of halogens is 2. The van der Waals surface area contributed by atoms with Crippen molar-refractivity contribution in [3.63, 3.8) is 0 Å². The smallest absolute Gasteiger partial charge is 0.320 e. The summed E-state index contributed by atoms with van der Waals surface area (Å²) in [4.78, 5) is 10.6. The fourth-order valence-corrected chi connectivity index (χ4v) is 2.10. The highest BCUT2D eigenvalue weighted by Gasteiger charge is 2.14. The SMILES string of the molecule is CC(F)c1ccc(C[C@H](N)C(=O)O)cc1Br. The van der Waals surface area contributed by atoms with Crippen molar-refractivity contribution >= 4 is 21.9 Å². The summed E-state index contributed by atoms with van der Waals surface area (Å²) in [6.45, 7) is 1.45. The monoisotopic (exact) mass is 289 g/mol. The summed E-state index contributed by atoms with van der Waals surface area (Å²) in [5.41, 5.74) is 6.73. The molecule has 16 heavy (non-hydrogen) atoms. The van der Waals surface area contributed by atoms with Crippen LogP contribution in [0.1, 0.15) is 24.2 Å². The van der Waals surface area contributed by atoms with Crippen LogP contribution in [0.5, 0.6) is 0 Å². The van der Waals surface area contributed by atoms with Gasteiger partial charge in [-0.1, -0.05) is 28.1 Å². The highest BCUT2D eigenvalue weighted by Crippen LogP contribution is 2.27. The van der Waals surface area contributed by atoms with Gasteiger partial charge in [0.2, 0.25) is 0 Å². The van der Waals surface area contributed by atoms with E-state index in [4.69, 9.17) is 10.8 Å². The molecule has 0 aliphatic heterocycles. The minimum atomic E-state index is -1.06. The summed E-state index contributed by atoms with van der Waals surface area (Å²) in [7, 11) is 0. The first-order chi connectivity index (χ1) is 7.41. The average Bonchev–Trinajstić information content (AvgIpc) is 2.16. The topological polar surface area (TPSA) is 63.3 Å². The molecular formula is C11H13BrFNO2. The number of nitrogens with two attached hydrogens (primary N) is 1. The van der Waals surface area contributed by atoms with Gasteiger partial charge in [-0.3, -0.25) is 4.79 Å². The third kappa shape index (κ3) is 3.28. The Morgan fingerprint density at radius 2 is 2.25 bits per heavy atom. The first kappa shape index (κ1) is 13.1. The summed E-state index contributed by atoms with van der Waals surface area (Å²) in [5, 5.41) is 8.66. The third-order valence-corrected chi connectivity index (χ3v) is 2.95. The second-order valence-electron chi connectivity index (χ2n) is 3.62. The summed E-state index contributed by atoms with van der Waals surface area (Å²) in [5.74, 6) is -1.04. The zero-order valence-corrected chi connectivity index (χ0v) is 10.4. The normalized spacial score (nSPS) is 14.5. The molecule has 0 radical (unpaired) electrons. The molecule has 0 aromatic heterocycles. The van der Waals surface area contributed by atoms with Gasteiger partial charge in [0.05, 0.1) is 0 Å². The van der Waals surface area contributed by atoms with Crippen LogP contribution in [-0.4, -0.2) is 17.1 Å². The number of carbonyl (C=O) groups is 1. The van der Waals surface area contributed by atoms with Crippen LogP contribution in [0.2, 0.25) is 0 Å². The maximum Gasteiger partial charge on any atom is 0.320 e. The highest BCUT2D eigenvalue weighted by atomic mass is 79.9. The van der Waals surface area contributed by atoms with E-state index in [0.717, 1.165) is 5.56 Å². The van der Waals surface area contributed by atoms with Crippen LogP contribution in [0.4, 0.5) is 4.39 Å².